The molecule has 2 aromatic carbocycles. The van der Waals surface area contributed by atoms with Crippen molar-refractivity contribution in [1.29, 1.82) is 0 Å². The van der Waals surface area contributed by atoms with E-state index in [2.05, 4.69) is 0 Å². The molecule has 0 bridgehead atoms. The first-order chi connectivity index (χ1) is 13.8. The van der Waals surface area contributed by atoms with Gasteiger partial charge in [0.15, 0.2) is 0 Å². The van der Waals surface area contributed by atoms with E-state index in [4.69, 9.17) is 4.74 Å². The highest BCUT2D eigenvalue weighted by Gasteiger charge is 2.36. The van der Waals surface area contributed by atoms with E-state index in [1.54, 1.807) is 29.2 Å². The van der Waals surface area contributed by atoms with Crippen LogP contribution in [0.1, 0.15) is 32.7 Å². The molecule has 0 radical (unpaired) electrons. The van der Waals surface area contributed by atoms with Crippen molar-refractivity contribution in [2.75, 3.05) is 33.3 Å². The molecule has 5 nitrogen and oxygen atoms in total. The summed E-state index contributed by atoms with van der Waals surface area (Å²) in [5.41, 5.74) is -0.849. The number of halogens is 3. The number of ether oxygens (including phenoxy) is 1. The van der Waals surface area contributed by atoms with Gasteiger partial charge in [0.05, 0.1) is 18.2 Å². The van der Waals surface area contributed by atoms with Gasteiger partial charge in [0.25, 0.3) is 11.8 Å². The molecule has 8 heteroatoms. The van der Waals surface area contributed by atoms with Crippen molar-refractivity contribution in [3.63, 3.8) is 0 Å². The van der Waals surface area contributed by atoms with Gasteiger partial charge in [0.1, 0.15) is 5.75 Å². The molecule has 1 aliphatic heterocycles. The predicted octanol–water partition coefficient (Wildman–Crippen LogP) is 3.70. The van der Waals surface area contributed by atoms with Crippen molar-refractivity contribution in [3.8, 4) is 5.75 Å². The summed E-state index contributed by atoms with van der Waals surface area (Å²) in [6.45, 7) is 1.12. The SMILES string of the molecule is COc1cccc(C(=O)N2CCCN(C(=O)c3ccccc3C(F)(F)F)CC2)c1. The molecule has 0 aliphatic carbocycles. The van der Waals surface area contributed by atoms with Crippen molar-refractivity contribution >= 4 is 11.8 Å². The lowest BCUT2D eigenvalue weighted by atomic mass is 10.1. The highest BCUT2D eigenvalue weighted by molar-refractivity contribution is 5.96. The van der Waals surface area contributed by atoms with E-state index in [1.807, 2.05) is 0 Å². The minimum absolute atomic E-state index is 0.167. The average Bonchev–Trinajstić information content (AvgIpc) is 2.98. The molecule has 0 atom stereocenters. The smallest absolute Gasteiger partial charge is 0.417 e. The molecule has 0 saturated carbocycles. The summed E-state index contributed by atoms with van der Waals surface area (Å²) in [7, 11) is 1.51. The maximum Gasteiger partial charge on any atom is 0.417 e. The Labute approximate surface area is 166 Å². The fraction of sp³-hybridized carbons (Fsp3) is 0.333. The van der Waals surface area contributed by atoms with E-state index in [0.29, 0.717) is 24.3 Å². The molecule has 2 aromatic rings. The molecule has 0 unspecified atom stereocenters. The summed E-state index contributed by atoms with van der Waals surface area (Å²) in [6.07, 6.45) is -4.12. The minimum Gasteiger partial charge on any atom is -0.497 e. The van der Waals surface area contributed by atoms with Crippen LogP contribution in [0.4, 0.5) is 13.2 Å². The highest BCUT2D eigenvalue weighted by Crippen LogP contribution is 2.32. The Morgan fingerprint density at radius 2 is 1.55 bits per heavy atom. The fourth-order valence-electron chi connectivity index (χ4n) is 3.35. The standard InChI is InChI=1S/C21H21F3N2O3/c1-29-16-7-4-6-15(14-16)19(27)25-10-5-11-26(13-12-25)20(28)17-8-2-3-9-18(17)21(22,23)24/h2-4,6-9,14H,5,10-13H2,1H3. The third-order valence-electron chi connectivity index (χ3n) is 4.85. The lowest BCUT2D eigenvalue weighted by molar-refractivity contribution is -0.138. The number of alkyl halides is 3. The fourth-order valence-corrected chi connectivity index (χ4v) is 3.35. The van der Waals surface area contributed by atoms with Gasteiger partial charge >= 0.3 is 6.18 Å². The summed E-state index contributed by atoms with van der Waals surface area (Å²) in [5, 5.41) is 0. The third-order valence-corrected chi connectivity index (χ3v) is 4.85. The van der Waals surface area contributed by atoms with Gasteiger partial charge in [-0.05, 0) is 36.8 Å². The zero-order chi connectivity index (χ0) is 21.0. The van der Waals surface area contributed by atoms with Gasteiger partial charge in [-0.3, -0.25) is 9.59 Å². The van der Waals surface area contributed by atoms with E-state index >= 15 is 0 Å². The van der Waals surface area contributed by atoms with Crippen LogP contribution in [0.3, 0.4) is 0 Å². The molecule has 29 heavy (non-hydrogen) atoms. The van der Waals surface area contributed by atoms with Gasteiger partial charge in [-0.25, -0.2) is 0 Å². The number of rotatable bonds is 3. The molecule has 3 rings (SSSR count). The van der Waals surface area contributed by atoms with Gasteiger partial charge in [0.2, 0.25) is 0 Å². The lowest BCUT2D eigenvalue weighted by Crippen LogP contribution is -2.38. The lowest BCUT2D eigenvalue weighted by Gasteiger charge is -2.23. The zero-order valence-corrected chi connectivity index (χ0v) is 15.9. The molecule has 1 saturated heterocycles. The maximum absolute atomic E-state index is 13.2. The van der Waals surface area contributed by atoms with Crippen LogP contribution in [-0.4, -0.2) is 54.9 Å². The molecular formula is C21H21F3N2O3. The second-order valence-corrected chi connectivity index (χ2v) is 6.71. The van der Waals surface area contributed by atoms with Crippen LogP contribution in [0.25, 0.3) is 0 Å². The molecule has 1 heterocycles. The predicted molar refractivity (Wildman–Crippen MR) is 101 cm³/mol. The monoisotopic (exact) mass is 406 g/mol. The van der Waals surface area contributed by atoms with E-state index in [0.717, 1.165) is 6.07 Å². The van der Waals surface area contributed by atoms with Crippen LogP contribution in [0, 0.1) is 0 Å². The van der Waals surface area contributed by atoms with Crippen LogP contribution < -0.4 is 4.74 Å². The second kappa shape index (κ2) is 8.55. The number of amides is 2. The molecule has 0 N–H and O–H groups in total. The number of nitrogens with zero attached hydrogens (tertiary/aromatic N) is 2. The van der Waals surface area contributed by atoms with Gasteiger partial charge in [-0.2, -0.15) is 13.2 Å². The van der Waals surface area contributed by atoms with Gasteiger partial charge in [0, 0.05) is 31.7 Å². The minimum atomic E-state index is -4.60. The largest absolute Gasteiger partial charge is 0.497 e. The van der Waals surface area contributed by atoms with Crippen LogP contribution in [-0.2, 0) is 6.18 Å². The number of methoxy groups -OCH3 is 1. The summed E-state index contributed by atoms with van der Waals surface area (Å²) >= 11 is 0. The van der Waals surface area contributed by atoms with Crippen molar-refractivity contribution < 1.29 is 27.5 Å². The molecule has 1 aliphatic rings. The van der Waals surface area contributed by atoms with Gasteiger partial charge in [-0.1, -0.05) is 18.2 Å². The Bertz CT molecular complexity index is 899. The Kier molecular flexibility index (Phi) is 6.10. The van der Waals surface area contributed by atoms with E-state index < -0.39 is 17.6 Å². The molecule has 154 valence electrons. The quantitative estimate of drug-likeness (QED) is 0.781. The zero-order valence-electron chi connectivity index (χ0n) is 15.9. The molecular weight excluding hydrogens is 385 g/mol. The van der Waals surface area contributed by atoms with Crippen molar-refractivity contribution in [2.45, 2.75) is 12.6 Å². The summed E-state index contributed by atoms with van der Waals surface area (Å²) < 4.78 is 44.9. The number of benzene rings is 2. The topological polar surface area (TPSA) is 49.9 Å². The Hall–Kier alpha value is -3.03. The Morgan fingerprint density at radius 3 is 2.21 bits per heavy atom. The summed E-state index contributed by atoms with van der Waals surface area (Å²) in [5.74, 6) is -0.311. The van der Waals surface area contributed by atoms with Gasteiger partial charge < -0.3 is 14.5 Å². The Morgan fingerprint density at radius 1 is 0.897 bits per heavy atom. The van der Waals surface area contributed by atoms with Crippen LogP contribution in [0.5, 0.6) is 5.75 Å². The molecule has 2 amide bonds. The highest BCUT2D eigenvalue weighted by atomic mass is 19.4. The second-order valence-electron chi connectivity index (χ2n) is 6.71. The summed E-state index contributed by atoms with van der Waals surface area (Å²) in [4.78, 5) is 28.5. The molecule has 0 aromatic heterocycles. The van der Waals surface area contributed by atoms with E-state index in [1.165, 1.54) is 30.2 Å². The van der Waals surface area contributed by atoms with Gasteiger partial charge in [-0.15, -0.1) is 0 Å². The van der Waals surface area contributed by atoms with Crippen LogP contribution in [0.2, 0.25) is 0 Å². The number of carbonyl (C=O) groups is 2. The van der Waals surface area contributed by atoms with Crippen LogP contribution in [0.15, 0.2) is 48.5 Å². The maximum atomic E-state index is 13.2. The van der Waals surface area contributed by atoms with E-state index in [9.17, 15) is 22.8 Å². The first kappa shape index (κ1) is 20.7. The molecule has 1 fully saturated rings. The van der Waals surface area contributed by atoms with Crippen molar-refractivity contribution in [1.82, 2.24) is 9.80 Å². The normalized spacial score (nSPS) is 15.0. The summed E-state index contributed by atoms with van der Waals surface area (Å²) in [6, 6.07) is 11.5. The average molecular weight is 406 g/mol. The third kappa shape index (κ3) is 4.70. The number of hydrogen-bond donors (Lipinski definition) is 0. The van der Waals surface area contributed by atoms with Crippen molar-refractivity contribution in [3.05, 3.63) is 65.2 Å². The number of carbonyl (C=O) groups excluding carboxylic acids is 2. The Balaban J connectivity index is 1.73. The van der Waals surface area contributed by atoms with Crippen molar-refractivity contribution in [2.24, 2.45) is 0 Å². The number of hydrogen-bond acceptors (Lipinski definition) is 3. The van der Waals surface area contributed by atoms with Crippen LogP contribution >= 0.6 is 0 Å². The van der Waals surface area contributed by atoms with E-state index in [-0.39, 0.29) is 31.1 Å². The molecule has 0 spiro atoms. The first-order valence-electron chi connectivity index (χ1n) is 9.20. The first-order valence-corrected chi connectivity index (χ1v) is 9.20.